The number of hydrogen-bond acceptors (Lipinski definition) is 3. The first-order chi connectivity index (χ1) is 11.8. The fourth-order valence-electron chi connectivity index (χ4n) is 3.62. The van der Waals surface area contributed by atoms with Gasteiger partial charge in [0.25, 0.3) is 0 Å². The second-order valence-corrected chi connectivity index (χ2v) is 7.59. The van der Waals surface area contributed by atoms with E-state index >= 15 is 0 Å². The molecule has 2 aromatic heterocycles. The van der Waals surface area contributed by atoms with Crippen molar-refractivity contribution < 1.29 is 4.90 Å². The number of thiophene rings is 1. The normalized spacial score (nSPS) is 20.0. The molecule has 1 aliphatic heterocycles. The van der Waals surface area contributed by atoms with Crippen LogP contribution >= 0.6 is 23.6 Å². The summed E-state index contributed by atoms with van der Waals surface area (Å²) in [6, 6.07) is 13.0. The van der Waals surface area contributed by atoms with Crippen LogP contribution in [0, 0.1) is 4.77 Å². The lowest BCUT2D eigenvalue weighted by molar-refractivity contribution is -0.956. The highest BCUT2D eigenvalue weighted by molar-refractivity contribution is 7.71. The predicted molar refractivity (Wildman–Crippen MR) is 99.7 cm³/mol. The molecule has 2 N–H and O–H groups in total. The second-order valence-electron chi connectivity index (χ2n) is 6.23. The summed E-state index contributed by atoms with van der Waals surface area (Å²) >= 11 is 7.38. The third-order valence-corrected chi connectivity index (χ3v) is 6.13. The van der Waals surface area contributed by atoms with Gasteiger partial charge >= 0.3 is 0 Å². The molecule has 0 bridgehead atoms. The first-order valence-corrected chi connectivity index (χ1v) is 9.68. The molecular weight excluding hydrogens is 336 g/mol. The number of aromatic amines is 1. The van der Waals surface area contributed by atoms with Crippen LogP contribution in [0.4, 0.5) is 0 Å². The van der Waals surface area contributed by atoms with Crippen molar-refractivity contribution in [3.8, 4) is 11.4 Å². The number of nitrogens with one attached hydrogen (secondary N) is 2. The number of rotatable bonds is 4. The zero-order chi connectivity index (χ0) is 16.5. The van der Waals surface area contributed by atoms with Crippen LogP contribution in [0.1, 0.15) is 29.8 Å². The summed E-state index contributed by atoms with van der Waals surface area (Å²) in [7, 11) is 0. The van der Waals surface area contributed by atoms with Gasteiger partial charge in [-0.25, -0.2) is 4.68 Å². The lowest BCUT2D eigenvalue weighted by Gasteiger charge is -2.32. The van der Waals surface area contributed by atoms with Crippen molar-refractivity contribution in [3.05, 3.63) is 57.0 Å². The Bertz CT molecular complexity index is 878. The van der Waals surface area contributed by atoms with Crippen molar-refractivity contribution in [1.29, 1.82) is 0 Å². The molecule has 1 unspecified atom stereocenters. The number of quaternary nitrogens is 1. The van der Waals surface area contributed by atoms with Crippen LogP contribution in [-0.2, 0) is 13.1 Å². The first kappa shape index (κ1) is 15.7. The van der Waals surface area contributed by atoms with Crippen molar-refractivity contribution in [1.82, 2.24) is 14.8 Å². The topological polar surface area (TPSA) is 38.0 Å². The van der Waals surface area contributed by atoms with Crippen molar-refractivity contribution in [2.75, 3.05) is 6.54 Å². The molecule has 1 aromatic carbocycles. The Balaban J connectivity index is 1.60. The standard InChI is InChI=1S/C18H20N4S2/c1-2-15-14-9-11-24-16(14)8-10-21(15)12-22-18(23)19-17(20-22)13-6-4-3-5-7-13/h3-7,9,11,15H,2,8,10,12H2,1H3,(H,19,20,23)/p+1/t15-/m1/s1. The van der Waals surface area contributed by atoms with Crippen LogP contribution < -0.4 is 4.90 Å². The van der Waals surface area contributed by atoms with E-state index in [1.165, 1.54) is 5.56 Å². The van der Waals surface area contributed by atoms with Gasteiger partial charge in [0.05, 0.1) is 6.54 Å². The van der Waals surface area contributed by atoms with Gasteiger partial charge in [0.2, 0.25) is 4.77 Å². The second kappa shape index (κ2) is 6.63. The van der Waals surface area contributed by atoms with E-state index < -0.39 is 0 Å². The van der Waals surface area contributed by atoms with Crippen molar-refractivity contribution >= 4 is 23.6 Å². The van der Waals surface area contributed by atoms with E-state index in [0.717, 1.165) is 37.4 Å². The Morgan fingerprint density at radius 1 is 1.33 bits per heavy atom. The van der Waals surface area contributed by atoms with Gasteiger partial charge in [0, 0.05) is 28.8 Å². The molecule has 3 heterocycles. The van der Waals surface area contributed by atoms with Gasteiger partial charge in [0.1, 0.15) is 6.04 Å². The molecule has 0 spiro atoms. The molecule has 0 amide bonds. The lowest BCUT2D eigenvalue weighted by Crippen LogP contribution is -3.12. The average molecular weight is 358 g/mol. The van der Waals surface area contributed by atoms with E-state index in [2.05, 4.69) is 40.6 Å². The Morgan fingerprint density at radius 2 is 2.17 bits per heavy atom. The summed E-state index contributed by atoms with van der Waals surface area (Å²) in [4.78, 5) is 7.66. The molecular formula is C18H21N4S2+. The molecule has 0 aliphatic carbocycles. The SMILES string of the molecule is CC[C@@H]1c2ccsc2CC[NH+]1Cn1[nH]c(-c2ccccc2)nc1=S. The van der Waals surface area contributed by atoms with Crippen LogP contribution in [0.5, 0.6) is 0 Å². The van der Waals surface area contributed by atoms with Crippen LogP contribution in [0.15, 0.2) is 41.8 Å². The van der Waals surface area contributed by atoms with Crippen LogP contribution in [0.25, 0.3) is 11.4 Å². The summed E-state index contributed by atoms with van der Waals surface area (Å²) in [5, 5.41) is 5.62. The third-order valence-electron chi connectivity index (χ3n) is 4.82. The summed E-state index contributed by atoms with van der Waals surface area (Å²) < 4.78 is 2.65. The predicted octanol–water partition coefficient (Wildman–Crippen LogP) is 3.22. The van der Waals surface area contributed by atoms with Gasteiger partial charge in [-0.3, -0.25) is 5.10 Å². The Morgan fingerprint density at radius 3 is 2.96 bits per heavy atom. The molecule has 0 radical (unpaired) electrons. The summed E-state index contributed by atoms with van der Waals surface area (Å²) in [5.74, 6) is 0.848. The Labute approximate surface area is 150 Å². The van der Waals surface area contributed by atoms with Crippen LogP contribution in [0.2, 0.25) is 0 Å². The van der Waals surface area contributed by atoms with Gasteiger partial charge in [-0.05, 0) is 23.7 Å². The number of aromatic nitrogens is 3. The van der Waals surface area contributed by atoms with Crippen LogP contribution in [0.3, 0.4) is 0 Å². The minimum atomic E-state index is 0.547. The number of benzene rings is 1. The highest BCUT2D eigenvalue weighted by Gasteiger charge is 2.30. The van der Waals surface area contributed by atoms with Gasteiger partial charge in [-0.15, -0.1) is 11.3 Å². The lowest BCUT2D eigenvalue weighted by atomic mass is 9.98. The molecule has 4 rings (SSSR count). The fourth-order valence-corrected chi connectivity index (χ4v) is 4.77. The van der Waals surface area contributed by atoms with E-state index in [9.17, 15) is 0 Å². The maximum absolute atomic E-state index is 5.49. The first-order valence-electron chi connectivity index (χ1n) is 8.39. The Kier molecular flexibility index (Phi) is 4.35. The van der Waals surface area contributed by atoms with Gasteiger partial charge in [0.15, 0.2) is 12.5 Å². The van der Waals surface area contributed by atoms with Crippen molar-refractivity contribution in [2.24, 2.45) is 0 Å². The molecule has 6 heteroatoms. The summed E-state index contributed by atoms with van der Waals surface area (Å²) in [6.07, 6.45) is 2.30. The maximum atomic E-state index is 5.49. The van der Waals surface area contributed by atoms with E-state index in [1.54, 1.807) is 9.78 Å². The smallest absolute Gasteiger partial charge is 0.221 e. The van der Waals surface area contributed by atoms with Gasteiger partial charge in [-0.1, -0.05) is 37.3 Å². The summed E-state index contributed by atoms with van der Waals surface area (Å²) in [5.41, 5.74) is 2.60. The van der Waals surface area contributed by atoms with E-state index in [1.807, 2.05) is 34.2 Å². The largest absolute Gasteiger partial charge is 0.310 e. The minimum absolute atomic E-state index is 0.547. The van der Waals surface area contributed by atoms with E-state index in [0.29, 0.717) is 10.8 Å². The molecule has 24 heavy (non-hydrogen) atoms. The van der Waals surface area contributed by atoms with Crippen molar-refractivity contribution in [2.45, 2.75) is 32.5 Å². The molecule has 0 saturated carbocycles. The number of hydrogen-bond donors (Lipinski definition) is 2. The monoisotopic (exact) mass is 357 g/mol. The fraction of sp³-hybridized carbons (Fsp3) is 0.333. The number of fused-ring (bicyclic) bond motifs is 1. The Hall–Kier alpha value is -1.76. The van der Waals surface area contributed by atoms with Gasteiger partial charge < -0.3 is 4.90 Å². The maximum Gasteiger partial charge on any atom is 0.221 e. The number of nitrogens with zero attached hydrogens (tertiary/aromatic N) is 2. The molecule has 4 nitrogen and oxygen atoms in total. The quantitative estimate of drug-likeness (QED) is 0.704. The van der Waals surface area contributed by atoms with Crippen molar-refractivity contribution in [3.63, 3.8) is 0 Å². The molecule has 3 aromatic rings. The minimum Gasteiger partial charge on any atom is -0.310 e. The highest BCUT2D eigenvalue weighted by Crippen LogP contribution is 2.26. The van der Waals surface area contributed by atoms with Crippen LogP contribution in [-0.4, -0.2) is 21.3 Å². The van der Waals surface area contributed by atoms with Gasteiger partial charge in [-0.2, -0.15) is 4.98 Å². The summed E-state index contributed by atoms with van der Waals surface area (Å²) in [6.45, 7) is 4.26. The highest BCUT2D eigenvalue weighted by atomic mass is 32.1. The van der Waals surface area contributed by atoms with E-state index in [-0.39, 0.29) is 0 Å². The molecule has 124 valence electrons. The molecule has 1 aliphatic rings. The molecule has 0 fully saturated rings. The third kappa shape index (κ3) is 2.85. The molecule has 0 saturated heterocycles. The average Bonchev–Trinajstić information content (AvgIpc) is 3.22. The molecule has 2 atom stereocenters. The number of H-pyrrole nitrogens is 1. The zero-order valence-electron chi connectivity index (χ0n) is 13.7. The van der Waals surface area contributed by atoms with E-state index in [4.69, 9.17) is 12.2 Å². The zero-order valence-corrected chi connectivity index (χ0v) is 15.3.